The lowest BCUT2D eigenvalue weighted by molar-refractivity contribution is -0.141. The van der Waals surface area contributed by atoms with Gasteiger partial charge in [0.05, 0.1) is 25.9 Å². The Morgan fingerprint density at radius 2 is 2.26 bits per heavy atom. The molecule has 0 aliphatic carbocycles. The van der Waals surface area contributed by atoms with Crippen molar-refractivity contribution in [3.8, 4) is 0 Å². The number of aliphatic hydroxyl groups is 1. The van der Waals surface area contributed by atoms with Crippen LogP contribution < -0.4 is 0 Å². The Bertz CT molecular complexity index is 438. The summed E-state index contributed by atoms with van der Waals surface area (Å²) in [7, 11) is 0. The topological polar surface area (TPSA) is 49.8 Å². The summed E-state index contributed by atoms with van der Waals surface area (Å²) in [5, 5.41) is 9.94. The first-order chi connectivity index (χ1) is 9.22. The van der Waals surface area contributed by atoms with Gasteiger partial charge in [-0.15, -0.1) is 0 Å². The largest absolute Gasteiger partial charge is 0.394 e. The van der Waals surface area contributed by atoms with E-state index in [2.05, 4.69) is 0 Å². The smallest absolute Gasteiger partial charge is 0.223 e. The molecule has 1 fully saturated rings. The Morgan fingerprint density at radius 1 is 1.47 bits per heavy atom. The molecule has 1 aromatic rings. The Labute approximate surface area is 117 Å². The molecule has 1 aliphatic rings. The molecule has 1 unspecified atom stereocenters. The Morgan fingerprint density at radius 3 is 3.00 bits per heavy atom. The van der Waals surface area contributed by atoms with Gasteiger partial charge in [0.2, 0.25) is 5.91 Å². The van der Waals surface area contributed by atoms with E-state index in [9.17, 15) is 9.90 Å². The molecular formula is C14H18ClNO3. The molecule has 0 saturated carbocycles. The van der Waals surface area contributed by atoms with Crippen LogP contribution in [0.3, 0.4) is 0 Å². The number of rotatable bonds is 4. The Hall–Kier alpha value is -1.10. The molecule has 0 aromatic heterocycles. The van der Waals surface area contributed by atoms with E-state index >= 15 is 0 Å². The first-order valence-corrected chi connectivity index (χ1v) is 6.81. The van der Waals surface area contributed by atoms with Crippen molar-refractivity contribution in [3.05, 3.63) is 34.9 Å². The number of halogens is 1. The highest BCUT2D eigenvalue weighted by Gasteiger charge is 2.26. The van der Waals surface area contributed by atoms with Gasteiger partial charge in [-0.1, -0.05) is 29.8 Å². The number of aryl methyl sites for hydroxylation is 1. The molecule has 19 heavy (non-hydrogen) atoms. The molecule has 104 valence electrons. The summed E-state index contributed by atoms with van der Waals surface area (Å²) >= 11 is 6.06. The van der Waals surface area contributed by atoms with Crippen LogP contribution in [0, 0.1) is 0 Å². The minimum atomic E-state index is -0.215. The Kier molecular flexibility index (Phi) is 5.19. The lowest BCUT2D eigenvalue weighted by atomic mass is 10.1. The fourth-order valence-electron chi connectivity index (χ4n) is 2.22. The molecule has 1 aliphatic heterocycles. The highest BCUT2D eigenvalue weighted by atomic mass is 35.5. The second kappa shape index (κ2) is 6.89. The summed E-state index contributed by atoms with van der Waals surface area (Å²) in [6, 6.07) is 7.33. The number of morpholine rings is 1. The van der Waals surface area contributed by atoms with Crippen molar-refractivity contribution < 1.29 is 14.6 Å². The number of carbonyl (C=O) groups is 1. The molecule has 1 heterocycles. The summed E-state index contributed by atoms with van der Waals surface area (Å²) in [6.07, 6.45) is 1.02. The molecule has 0 spiro atoms. The molecule has 0 radical (unpaired) electrons. The maximum atomic E-state index is 12.2. The van der Waals surface area contributed by atoms with Gasteiger partial charge in [-0.2, -0.15) is 0 Å². The van der Waals surface area contributed by atoms with Crippen LogP contribution in [0.2, 0.25) is 5.02 Å². The van der Waals surface area contributed by atoms with E-state index in [1.54, 1.807) is 4.90 Å². The fraction of sp³-hybridized carbons (Fsp3) is 0.500. The predicted octanol–water partition coefficient (Wildman–Crippen LogP) is 1.49. The SMILES string of the molecule is O=C(CCc1ccccc1Cl)N1CCOCC1CO. The van der Waals surface area contributed by atoms with E-state index < -0.39 is 0 Å². The summed E-state index contributed by atoms with van der Waals surface area (Å²) in [5.74, 6) is 0.0438. The fourth-order valence-corrected chi connectivity index (χ4v) is 2.45. The van der Waals surface area contributed by atoms with Crippen molar-refractivity contribution in [2.75, 3.05) is 26.4 Å². The third-order valence-corrected chi connectivity index (χ3v) is 3.69. The number of aliphatic hydroxyl groups excluding tert-OH is 1. The first kappa shape index (κ1) is 14.3. The third kappa shape index (κ3) is 3.69. The van der Waals surface area contributed by atoms with Gasteiger partial charge in [0, 0.05) is 18.0 Å². The van der Waals surface area contributed by atoms with Crippen LogP contribution in [0.5, 0.6) is 0 Å². The number of nitrogens with zero attached hydrogens (tertiary/aromatic N) is 1. The molecule has 5 heteroatoms. The molecule has 1 aromatic carbocycles. The van der Waals surface area contributed by atoms with Crippen LogP contribution in [0.4, 0.5) is 0 Å². The molecular weight excluding hydrogens is 266 g/mol. The Balaban J connectivity index is 1.92. The summed E-state index contributed by atoms with van der Waals surface area (Å²) in [6.45, 7) is 1.44. The molecule has 1 atom stereocenters. The molecule has 4 nitrogen and oxygen atoms in total. The van der Waals surface area contributed by atoms with Crippen LogP contribution in [0.15, 0.2) is 24.3 Å². The van der Waals surface area contributed by atoms with Crippen LogP contribution in [-0.2, 0) is 16.0 Å². The summed E-state index contributed by atoms with van der Waals surface area (Å²) in [5.41, 5.74) is 0.978. The average molecular weight is 284 g/mol. The standard InChI is InChI=1S/C14H18ClNO3/c15-13-4-2-1-3-11(13)5-6-14(18)16-7-8-19-10-12(16)9-17/h1-4,12,17H,5-10H2. The van der Waals surface area contributed by atoms with Crippen molar-refractivity contribution in [1.29, 1.82) is 0 Å². The van der Waals surface area contributed by atoms with Gasteiger partial charge in [-0.05, 0) is 18.1 Å². The van der Waals surface area contributed by atoms with E-state index in [4.69, 9.17) is 16.3 Å². The highest BCUT2D eigenvalue weighted by molar-refractivity contribution is 6.31. The van der Waals surface area contributed by atoms with E-state index in [0.29, 0.717) is 37.6 Å². The molecule has 0 bridgehead atoms. The number of benzene rings is 1. The predicted molar refractivity (Wildman–Crippen MR) is 73.2 cm³/mol. The zero-order chi connectivity index (χ0) is 13.7. The minimum Gasteiger partial charge on any atom is -0.394 e. The zero-order valence-electron chi connectivity index (χ0n) is 10.7. The van der Waals surface area contributed by atoms with Crippen molar-refractivity contribution in [3.63, 3.8) is 0 Å². The molecule has 1 N–H and O–H groups in total. The first-order valence-electron chi connectivity index (χ1n) is 6.44. The van der Waals surface area contributed by atoms with Crippen molar-refractivity contribution in [2.45, 2.75) is 18.9 Å². The molecule has 1 saturated heterocycles. The lowest BCUT2D eigenvalue weighted by Crippen LogP contribution is -2.50. The van der Waals surface area contributed by atoms with Gasteiger partial charge in [0.15, 0.2) is 0 Å². The number of hydrogen-bond donors (Lipinski definition) is 1. The van der Waals surface area contributed by atoms with Gasteiger partial charge in [0.1, 0.15) is 0 Å². The van der Waals surface area contributed by atoms with E-state index in [-0.39, 0.29) is 18.6 Å². The maximum absolute atomic E-state index is 12.2. The van der Waals surface area contributed by atoms with E-state index in [1.807, 2.05) is 24.3 Å². The average Bonchev–Trinajstić information content (AvgIpc) is 2.46. The minimum absolute atomic E-state index is 0.0438. The van der Waals surface area contributed by atoms with Gasteiger partial charge >= 0.3 is 0 Å². The molecule has 1 amide bonds. The van der Waals surface area contributed by atoms with E-state index in [1.165, 1.54) is 0 Å². The number of ether oxygens (including phenoxy) is 1. The quantitative estimate of drug-likeness (QED) is 0.911. The van der Waals surface area contributed by atoms with Crippen molar-refractivity contribution in [1.82, 2.24) is 4.90 Å². The van der Waals surface area contributed by atoms with Crippen molar-refractivity contribution in [2.24, 2.45) is 0 Å². The zero-order valence-corrected chi connectivity index (χ0v) is 11.5. The van der Waals surface area contributed by atoms with Gasteiger partial charge in [-0.3, -0.25) is 4.79 Å². The van der Waals surface area contributed by atoms with E-state index in [0.717, 1.165) is 5.56 Å². The summed E-state index contributed by atoms with van der Waals surface area (Å²) < 4.78 is 5.26. The van der Waals surface area contributed by atoms with Gasteiger partial charge < -0.3 is 14.7 Å². The second-order valence-corrected chi connectivity index (χ2v) is 5.00. The number of amides is 1. The number of hydrogen-bond acceptors (Lipinski definition) is 3. The van der Waals surface area contributed by atoms with Crippen LogP contribution in [0.25, 0.3) is 0 Å². The van der Waals surface area contributed by atoms with Gasteiger partial charge in [0.25, 0.3) is 0 Å². The van der Waals surface area contributed by atoms with Gasteiger partial charge in [-0.25, -0.2) is 0 Å². The summed E-state index contributed by atoms with van der Waals surface area (Å²) in [4.78, 5) is 13.9. The van der Waals surface area contributed by atoms with Crippen molar-refractivity contribution >= 4 is 17.5 Å². The van der Waals surface area contributed by atoms with Crippen LogP contribution in [0.1, 0.15) is 12.0 Å². The van der Waals surface area contributed by atoms with Crippen LogP contribution in [-0.4, -0.2) is 48.3 Å². The monoisotopic (exact) mass is 283 g/mol. The van der Waals surface area contributed by atoms with Crippen LogP contribution >= 0.6 is 11.6 Å². The lowest BCUT2D eigenvalue weighted by Gasteiger charge is -2.34. The second-order valence-electron chi connectivity index (χ2n) is 4.59. The maximum Gasteiger partial charge on any atom is 0.223 e. The normalized spacial score (nSPS) is 19.5. The molecule has 2 rings (SSSR count). The highest BCUT2D eigenvalue weighted by Crippen LogP contribution is 2.17. The number of carbonyl (C=O) groups excluding carboxylic acids is 1. The third-order valence-electron chi connectivity index (χ3n) is 3.32.